The normalized spacial score (nSPS) is 10.5. The minimum absolute atomic E-state index is 0.0489. The molecule has 7 heteroatoms. The molecular weight excluding hydrogens is 415 g/mol. The van der Waals surface area contributed by atoms with E-state index >= 15 is 0 Å². The van der Waals surface area contributed by atoms with Gasteiger partial charge in [0.2, 0.25) is 0 Å². The standard InChI is InChI=1S/C24H18ClFN4O/c1-15-3-2-4-17(11-15)22-13-23(28-14-27-22)29-18-7-5-16(6-8-18)24(31)30-19-9-10-21(26)20(25)12-19/h2-14H,1H3,(H,30,31)(H,27,28,29). The molecule has 0 saturated carbocycles. The molecule has 2 N–H and O–H groups in total. The summed E-state index contributed by atoms with van der Waals surface area (Å²) >= 11 is 5.75. The number of carbonyl (C=O) groups excluding carboxylic acids is 1. The number of hydrogen-bond donors (Lipinski definition) is 2. The van der Waals surface area contributed by atoms with Crippen LogP contribution in [-0.2, 0) is 0 Å². The van der Waals surface area contributed by atoms with Crippen molar-refractivity contribution < 1.29 is 9.18 Å². The lowest BCUT2D eigenvalue weighted by Crippen LogP contribution is -2.11. The van der Waals surface area contributed by atoms with Gasteiger partial charge in [-0.25, -0.2) is 14.4 Å². The zero-order chi connectivity index (χ0) is 21.8. The molecule has 0 aliphatic rings. The van der Waals surface area contributed by atoms with Crippen LogP contribution >= 0.6 is 11.6 Å². The van der Waals surface area contributed by atoms with E-state index in [1.54, 1.807) is 24.3 Å². The van der Waals surface area contributed by atoms with Crippen LogP contribution in [-0.4, -0.2) is 15.9 Å². The Kier molecular flexibility index (Phi) is 5.91. The SMILES string of the molecule is Cc1cccc(-c2cc(Nc3ccc(C(=O)Nc4ccc(F)c(Cl)c4)cc3)ncn2)c1. The first-order valence-electron chi connectivity index (χ1n) is 9.50. The van der Waals surface area contributed by atoms with Gasteiger partial charge in [0.1, 0.15) is 18.0 Å². The van der Waals surface area contributed by atoms with E-state index in [0.29, 0.717) is 17.1 Å². The van der Waals surface area contributed by atoms with E-state index in [2.05, 4.69) is 26.7 Å². The average molecular weight is 433 g/mol. The number of hydrogen-bond acceptors (Lipinski definition) is 4. The number of aryl methyl sites for hydroxylation is 1. The molecule has 0 atom stereocenters. The Morgan fingerprint density at radius 3 is 2.45 bits per heavy atom. The van der Waals surface area contributed by atoms with Gasteiger partial charge in [-0.15, -0.1) is 0 Å². The maximum absolute atomic E-state index is 13.3. The van der Waals surface area contributed by atoms with E-state index in [1.807, 2.05) is 31.2 Å². The number of carbonyl (C=O) groups is 1. The van der Waals surface area contributed by atoms with Gasteiger partial charge in [0, 0.05) is 28.6 Å². The predicted octanol–water partition coefficient (Wildman–Crippen LogP) is 6.24. The summed E-state index contributed by atoms with van der Waals surface area (Å²) in [5.74, 6) is -0.215. The second kappa shape index (κ2) is 8.93. The summed E-state index contributed by atoms with van der Waals surface area (Å²) in [6.07, 6.45) is 1.51. The van der Waals surface area contributed by atoms with Crippen LogP contribution in [0.5, 0.6) is 0 Å². The molecule has 1 amide bonds. The Balaban J connectivity index is 1.45. The number of nitrogens with one attached hydrogen (secondary N) is 2. The summed E-state index contributed by atoms with van der Waals surface area (Å²) in [4.78, 5) is 21.0. The van der Waals surface area contributed by atoms with Crippen molar-refractivity contribution in [2.45, 2.75) is 6.92 Å². The molecule has 5 nitrogen and oxygen atoms in total. The summed E-state index contributed by atoms with van der Waals surface area (Å²) in [5.41, 5.74) is 4.63. The lowest BCUT2D eigenvalue weighted by atomic mass is 10.1. The Hall–Kier alpha value is -3.77. The summed E-state index contributed by atoms with van der Waals surface area (Å²) in [6.45, 7) is 2.03. The highest BCUT2D eigenvalue weighted by Crippen LogP contribution is 2.23. The number of nitrogens with zero attached hydrogens (tertiary/aromatic N) is 2. The van der Waals surface area contributed by atoms with Gasteiger partial charge < -0.3 is 10.6 Å². The molecule has 0 fully saturated rings. The van der Waals surface area contributed by atoms with Crippen molar-refractivity contribution in [3.63, 3.8) is 0 Å². The minimum atomic E-state index is -0.537. The van der Waals surface area contributed by atoms with Gasteiger partial charge in [-0.2, -0.15) is 0 Å². The third-order valence-corrected chi connectivity index (χ3v) is 4.87. The second-order valence-electron chi connectivity index (χ2n) is 6.94. The largest absolute Gasteiger partial charge is 0.340 e. The Morgan fingerprint density at radius 1 is 0.935 bits per heavy atom. The van der Waals surface area contributed by atoms with Crippen molar-refractivity contribution in [1.29, 1.82) is 0 Å². The Labute approximate surface area is 184 Å². The quantitative estimate of drug-likeness (QED) is 0.391. The molecule has 0 saturated heterocycles. The third-order valence-electron chi connectivity index (χ3n) is 4.58. The molecule has 0 bridgehead atoms. The smallest absolute Gasteiger partial charge is 0.255 e. The van der Waals surface area contributed by atoms with Gasteiger partial charge in [0.05, 0.1) is 10.7 Å². The van der Waals surface area contributed by atoms with Gasteiger partial charge in [0.25, 0.3) is 5.91 Å². The van der Waals surface area contributed by atoms with E-state index < -0.39 is 5.82 Å². The van der Waals surface area contributed by atoms with Crippen molar-refractivity contribution in [2.24, 2.45) is 0 Å². The van der Waals surface area contributed by atoms with Crippen LogP contribution in [0.4, 0.5) is 21.6 Å². The van der Waals surface area contributed by atoms with Crippen LogP contribution in [0.25, 0.3) is 11.3 Å². The molecule has 31 heavy (non-hydrogen) atoms. The summed E-state index contributed by atoms with van der Waals surface area (Å²) in [5, 5.41) is 5.86. The fraction of sp³-hybridized carbons (Fsp3) is 0.0417. The molecular formula is C24H18ClFN4O. The van der Waals surface area contributed by atoms with E-state index in [4.69, 9.17) is 11.6 Å². The first-order chi connectivity index (χ1) is 15.0. The highest BCUT2D eigenvalue weighted by atomic mass is 35.5. The van der Waals surface area contributed by atoms with Gasteiger partial charge in [0.15, 0.2) is 0 Å². The molecule has 0 radical (unpaired) electrons. The van der Waals surface area contributed by atoms with E-state index in [1.165, 1.54) is 24.5 Å². The number of anilines is 3. The number of amides is 1. The fourth-order valence-corrected chi connectivity index (χ4v) is 3.20. The lowest BCUT2D eigenvalue weighted by Gasteiger charge is -2.09. The van der Waals surface area contributed by atoms with E-state index in [-0.39, 0.29) is 10.9 Å². The van der Waals surface area contributed by atoms with Crippen molar-refractivity contribution >= 4 is 34.7 Å². The lowest BCUT2D eigenvalue weighted by molar-refractivity contribution is 0.102. The maximum Gasteiger partial charge on any atom is 0.255 e. The number of rotatable bonds is 5. The molecule has 4 rings (SSSR count). The first-order valence-corrected chi connectivity index (χ1v) is 9.88. The van der Waals surface area contributed by atoms with Crippen LogP contribution in [0.15, 0.2) is 79.1 Å². The van der Waals surface area contributed by atoms with Crippen LogP contribution in [0, 0.1) is 12.7 Å². The molecule has 154 valence electrons. The highest BCUT2D eigenvalue weighted by molar-refractivity contribution is 6.31. The number of benzene rings is 3. The van der Waals surface area contributed by atoms with Gasteiger partial charge in [-0.05, 0) is 55.5 Å². The summed E-state index contributed by atoms with van der Waals surface area (Å²) < 4.78 is 13.3. The van der Waals surface area contributed by atoms with E-state index in [0.717, 1.165) is 22.5 Å². The molecule has 3 aromatic carbocycles. The number of halogens is 2. The molecule has 0 aliphatic carbocycles. The Morgan fingerprint density at radius 2 is 1.71 bits per heavy atom. The zero-order valence-electron chi connectivity index (χ0n) is 16.6. The Bertz CT molecular complexity index is 1240. The third kappa shape index (κ3) is 5.05. The van der Waals surface area contributed by atoms with Crippen molar-refractivity contribution in [3.05, 3.63) is 101 Å². The topological polar surface area (TPSA) is 66.9 Å². The number of aromatic nitrogens is 2. The highest BCUT2D eigenvalue weighted by Gasteiger charge is 2.09. The zero-order valence-corrected chi connectivity index (χ0v) is 17.3. The van der Waals surface area contributed by atoms with Crippen molar-refractivity contribution in [3.8, 4) is 11.3 Å². The molecule has 0 aliphatic heterocycles. The fourth-order valence-electron chi connectivity index (χ4n) is 3.02. The summed E-state index contributed by atoms with van der Waals surface area (Å²) in [6, 6.07) is 20.9. The predicted molar refractivity (Wildman–Crippen MR) is 121 cm³/mol. The molecule has 1 heterocycles. The second-order valence-corrected chi connectivity index (χ2v) is 7.35. The summed E-state index contributed by atoms with van der Waals surface area (Å²) in [7, 11) is 0. The van der Waals surface area contributed by atoms with E-state index in [9.17, 15) is 9.18 Å². The van der Waals surface area contributed by atoms with Crippen molar-refractivity contribution in [1.82, 2.24) is 9.97 Å². The van der Waals surface area contributed by atoms with Crippen LogP contribution < -0.4 is 10.6 Å². The monoisotopic (exact) mass is 432 g/mol. The molecule has 4 aromatic rings. The maximum atomic E-state index is 13.3. The van der Waals surface area contributed by atoms with Gasteiger partial charge in [-0.1, -0.05) is 35.4 Å². The van der Waals surface area contributed by atoms with Crippen molar-refractivity contribution in [2.75, 3.05) is 10.6 Å². The minimum Gasteiger partial charge on any atom is -0.340 e. The molecule has 1 aromatic heterocycles. The average Bonchev–Trinajstić information content (AvgIpc) is 2.77. The molecule has 0 unspecified atom stereocenters. The first kappa shape index (κ1) is 20.5. The van der Waals surface area contributed by atoms with Crippen LogP contribution in [0.3, 0.4) is 0 Å². The van der Waals surface area contributed by atoms with Crippen LogP contribution in [0.2, 0.25) is 5.02 Å². The van der Waals surface area contributed by atoms with Crippen LogP contribution in [0.1, 0.15) is 15.9 Å². The molecule has 0 spiro atoms. The van der Waals surface area contributed by atoms with Gasteiger partial charge in [-0.3, -0.25) is 4.79 Å². The van der Waals surface area contributed by atoms with Gasteiger partial charge >= 0.3 is 0 Å².